The van der Waals surface area contributed by atoms with E-state index in [1.807, 2.05) is 13.0 Å². The van der Waals surface area contributed by atoms with Gasteiger partial charge in [-0.15, -0.1) is 0 Å². The quantitative estimate of drug-likeness (QED) is 0.677. The summed E-state index contributed by atoms with van der Waals surface area (Å²) in [5.41, 5.74) is 9.54. The van der Waals surface area contributed by atoms with Gasteiger partial charge in [-0.05, 0) is 25.5 Å². The molecule has 2 rings (SSSR count). The Morgan fingerprint density at radius 2 is 1.89 bits per heavy atom. The van der Waals surface area contributed by atoms with Crippen molar-refractivity contribution in [1.82, 2.24) is 9.97 Å². The number of thioether (sulfide) groups is 1. The van der Waals surface area contributed by atoms with E-state index < -0.39 is 0 Å². The molecule has 0 bridgehead atoms. The lowest BCUT2D eigenvalue weighted by Gasteiger charge is -2.11. The van der Waals surface area contributed by atoms with Gasteiger partial charge in [-0.1, -0.05) is 41.6 Å². The number of benzene rings is 1. The van der Waals surface area contributed by atoms with Gasteiger partial charge in [-0.3, -0.25) is 0 Å². The molecular formula is C14H17N3S. The maximum Gasteiger partial charge on any atom is 0.187 e. The Morgan fingerprint density at radius 3 is 2.56 bits per heavy atom. The molecule has 0 amide bonds. The first kappa shape index (κ1) is 13.1. The van der Waals surface area contributed by atoms with E-state index in [2.05, 4.69) is 41.2 Å². The third-order valence-electron chi connectivity index (χ3n) is 2.67. The van der Waals surface area contributed by atoms with Crippen molar-refractivity contribution < 1.29 is 0 Å². The van der Waals surface area contributed by atoms with Crippen LogP contribution in [0.4, 0.5) is 0 Å². The fourth-order valence-electron chi connectivity index (χ4n) is 1.57. The molecule has 0 aliphatic carbocycles. The summed E-state index contributed by atoms with van der Waals surface area (Å²) < 4.78 is 0. The van der Waals surface area contributed by atoms with Crippen molar-refractivity contribution in [1.29, 1.82) is 0 Å². The standard InChI is InChI=1S/C14H17N3S/c1-10-3-5-12(6-4-10)13(15)9-18-14-16-8-7-11(2)17-14/h3-8,13H,9,15H2,1-2H3. The van der Waals surface area contributed by atoms with E-state index in [0.29, 0.717) is 0 Å². The van der Waals surface area contributed by atoms with Crippen molar-refractivity contribution in [2.75, 3.05) is 5.75 Å². The zero-order valence-corrected chi connectivity index (χ0v) is 11.4. The molecule has 1 heterocycles. The Balaban J connectivity index is 1.96. The number of rotatable bonds is 4. The van der Waals surface area contributed by atoms with Crippen LogP contribution in [-0.2, 0) is 0 Å². The molecule has 0 saturated heterocycles. The van der Waals surface area contributed by atoms with Crippen LogP contribution in [0.3, 0.4) is 0 Å². The zero-order valence-electron chi connectivity index (χ0n) is 10.6. The SMILES string of the molecule is Cc1ccc(C(N)CSc2nccc(C)n2)cc1. The summed E-state index contributed by atoms with van der Waals surface area (Å²) in [4.78, 5) is 8.56. The molecule has 3 nitrogen and oxygen atoms in total. The van der Waals surface area contributed by atoms with Gasteiger partial charge in [-0.25, -0.2) is 9.97 Å². The summed E-state index contributed by atoms with van der Waals surface area (Å²) in [7, 11) is 0. The first-order valence-electron chi connectivity index (χ1n) is 5.90. The summed E-state index contributed by atoms with van der Waals surface area (Å²) >= 11 is 1.59. The topological polar surface area (TPSA) is 51.8 Å². The van der Waals surface area contributed by atoms with Crippen LogP contribution >= 0.6 is 11.8 Å². The Kier molecular flexibility index (Phi) is 4.33. The van der Waals surface area contributed by atoms with Crippen molar-refractivity contribution in [3.63, 3.8) is 0 Å². The zero-order chi connectivity index (χ0) is 13.0. The lowest BCUT2D eigenvalue weighted by Crippen LogP contribution is -2.13. The molecule has 0 aliphatic rings. The van der Waals surface area contributed by atoms with Crippen molar-refractivity contribution >= 4 is 11.8 Å². The van der Waals surface area contributed by atoms with E-state index in [4.69, 9.17) is 5.73 Å². The van der Waals surface area contributed by atoms with E-state index >= 15 is 0 Å². The number of nitrogens with two attached hydrogens (primary N) is 1. The number of hydrogen-bond donors (Lipinski definition) is 1. The lowest BCUT2D eigenvalue weighted by molar-refractivity contribution is 0.824. The van der Waals surface area contributed by atoms with E-state index in [9.17, 15) is 0 Å². The van der Waals surface area contributed by atoms with Crippen LogP contribution in [0.2, 0.25) is 0 Å². The summed E-state index contributed by atoms with van der Waals surface area (Å²) in [5.74, 6) is 0.784. The van der Waals surface area contributed by atoms with Crippen LogP contribution in [0.1, 0.15) is 22.9 Å². The Bertz CT molecular complexity index is 511. The molecule has 0 fully saturated rings. The predicted octanol–water partition coefficient (Wildman–Crippen LogP) is 2.89. The van der Waals surface area contributed by atoms with E-state index in [0.717, 1.165) is 22.2 Å². The highest BCUT2D eigenvalue weighted by Crippen LogP contribution is 2.20. The highest BCUT2D eigenvalue weighted by Gasteiger charge is 2.07. The molecule has 1 aromatic heterocycles. The van der Waals surface area contributed by atoms with Gasteiger partial charge in [0.05, 0.1) is 0 Å². The van der Waals surface area contributed by atoms with Gasteiger partial charge in [0, 0.05) is 23.7 Å². The Morgan fingerprint density at radius 1 is 1.17 bits per heavy atom. The van der Waals surface area contributed by atoms with E-state index in [-0.39, 0.29) is 6.04 Å². The highest BCUT2D eigenvalue weighted by molar-refractivity contribution is 7.99. The van der Waals surface area contributed by atoms with Crippen molar-refractivity contribution in [2.24, 2.45) is 5.73 Å². The van der Waals surface area contributed by atoms with Gasteiger partial charge in [-0.2, -0.15) is 0 Å². The molecule has 2 N–H and O–H groups in total. The summed E-state index contributed by atoms with van der Waals surface area (Å²) in [6.07, 6.45) is 1.78. The average Bonchev–Trinajstić information content (AvgIpc) is 2.37. The van der Waals surface area contributed by atoms with Crippen LogP contribution in [0.25, 0.3) is 0 Å². The Hall–Kier alpha value is -1.39. The van der Waals surface area contributed by atoms with Gasteiger partial charge < -0.3 is 5.73 Å². The normalized spacial score (nSPS) is 12.4. The van der Waals surface area contributed by atoms with Crippen LogP contribution in [-0.4, -0.2) is 15.7 Å². The minimum atomic E-state index is 0.0136. The molecule has 0 spiro atoms. The molecule has 18 heavy (non-hydrogen) atoms. The third-order valence-corrected chi connectivity index (χ3v) is 3.65. The fraction of sp³-hybridized carbons (Fsp3) is 0.286. The van der Waals surface area contributed by atoms with Crippen molar-refractivity contribution in [3.05, 3.63) is 53.3 Å². The van der Waals surface area contributed by atoms with Crippen molar-refractivity contribution in [2.45, 2.75) is 25.0 Å². The predicted molar refractivity (Wildman–Crippen MR) is 75.6 cm³/mol. The second kappa shape index (κ2) is 5.98. The minimum absolute atomic E-state index is 0.0136. The molecule has 0 aliphatic heterocycles. The van der Waals surface area contributed by atoms with Crippen LogP contribution in [0.5, 0.6) is 0 Å². The van der Waals surface area contributed by atoms with E-state index in [1.165, 1.54) is 5.56 Å². The summed E-state index contributed by atoms with van der Waals surface area (Å²) in [6.45, 7) is 4.04. The fourth-order valence-corrected chi connectivity index (χ4v) is 2.43. The monoisotopic (exact) mass is 259 g/mol. The third kappa shape index (κ3) is 3.55. The van der Waals surface area contributed by atoms with Gasteiger partial charge in [0.2, 0.25) is 0 Å². The average molecular weight is 259 g/mol. The van der Waals surface area contributed by atoms with Gasteiger partial charge in [0.15, 0.2) is 5.16 Å². The maximum absolute atomic E-state index is 6.15. The number of aromatic nitrogens is 2. The number of aryl methyl sites for hydroxylation is 2. The van der Waals surface area contributed by atoms with Crippen LogP contribution in [0.15, 0.2) is 41.7 Å². The second-order valence-corrected chi connectivity index (χ2v) is 5.30. The van der Waals surface area contributed by atoms with Crippen LogP contribution in [0, 0.1) is 13.8 Å². The smallest absolute Gasteiger partial charge is 0.187 e. The van der Waals surface area contributed by atoms with E-state index in [1.54, 1.807) is 18.0 Å². The molecule has 4 heteroatoms. The molecule has 1 aromatic carbocycles. The summed E-state index contributed by atoms with van der Waals surface area (Å²) in [5, 5.41) is 0.789. The largest absolute Gasteiger partial charge is 0.323 e. The number of nitrogens with zero attached hydrogens (tertiary/aromatic N) is 2. The minimum Gasteiger partial charge on any atom is -0.323 e. The molecule has 2 aromatic rings. The molecule has 94 valence electrons. The summed E-state index contributed by atoms with van der Waals surface area (Å²) in [6, 6.07) is 10.2. The lowest BCUT2D eigenvalue weighted by atomic mass is 10.1. The number of hydrogen-bond acceptors (Lipinski definition) is 4. The maximum atomic E-state index is 6.15. The highest BCUT2D eigenvalue weighted by atomic mass is 32.2. The molecule has 1 unspecified atom stereocenters. The molecule has 1 atom stereocenters. The molecular weight excluding hydrogens is 242 g/mol. The molecule has 0 radical (unpaired) electrons. The first-order chi connectivity index (χ1) is 8.65. The second-order valence-electron chi connectivity index (χ2n) is 4.31. The first-order valence-corrected chi connectivity index (χ1v) is 6.88. The van der Waals surface area contributed by atoms with Gasteiger partial charge in [0.1, 0.15) is 0 Å². The van der Waals surface area contributed by atoms with Gasteiger partial charge >= 0.3 is 0 Å². The van der Waals surface area contributed by atoms with Gasteiger partial charge in [0.25, 0.3) is 0 Å². The molecule has 0 saturated carbocycles. The van der Waals surface area contributed by atoms with Crippen molar-refractivity contribution in [3.8, 4) is 0 Å². The Labute approximate surface area is 112 Å². The van der Waals surface area contributed by atoms with Crippen LogP contribution < -0.4 is 5.73 Å².